The maximum absolute atomic E-state index is 10.8. The van der Waals surface area contributed by atoms with Crippen molar-refractivity contribution < 1.29 is 14.3 Å². The first-order valence-electron chi connectivity index (χ1n) is 4.74. The molecule has 0 aliphatic heterocycles. The highest BCUT2D eigenvalue weighted by Gasteiger charge is 2.11. The van der Waals surface area contributed by atoms with Gasteiger partial charge in [-0.3, -0.25) is 0 Å². The second kappa shape index (κ2) is 5.62. The number of hydrogen-bond donors (Lipinski definition) is 0. The van der Waals surface area contributed by atoms with E-state index in [1.54, 1.807) is 0 Å². The molecule has 0 aromatic carbocycles. The molecule has 1 aliphatic carbocycles. The molecule has 1 aliphatic rings. The summed E-state index contributed by atoms with van der Waals surface area (Å²) in [5.41, 5.74) is 0. The Hall–Kier alpha value is -0.990. The van der Waals surface area contributed by atoms with Crippen molar-refractivity contribution in [3.8, 4) is 0 Å². The number of allylic oxidation sites excluding steroid dienone is 1. The summed E-state index contributed by atoms with van der Waals surface area (Å²) in [7, 11) is 1.33. The molecule has 74 valence electrons. The Kier molecular flexibility index (Phi) is 4.36. The average Bonchev–Trinajstić information content (AvgIpc) is 2.09. The van der Waals surface area contributed by atoms with Gasteiger partial charge in [0.05, 0.1) is 7.11 Å². The Labute approximate surface area is 78.7 Å². The Morgan fingerprint density at radius 2 is 2.23 bits per heavy atom. The monoisotopic (exact) mass is 184 g/mol. The zero-order chi connectivity index (χ0) is 9.52. The number of hydrogen-bond acceptors (Lipinski definition) is 3. The summed E-state index contributed by atoms with van der Waals surface area (Å²) in [5.74, 6) is 0. The topological polar surface area (TPSA) is 35.5 Å². The zero-order valence-corrected chi connectivity index (χ0v) is 7.99. The van der Waals surface area contributed by atoms with Crippen LogP contribution in [-0.2, 0) is 9.47 Å². The van der Waals surface area contributed by atoms with Gasteiger partial charge in [-0.15, -0.1) is 0 Å². The van der Waals surface area contributed by atoms with Crippen LogP contribution < -0.4 is 0 Å². The van der Waals surface area contributed by atoms with Crippen molar-refractivity contribution in [2.24, 2.45) is 0 Å². The highest BCUT2D eigenvalue weighted by atomic mass is 16.7. The van der Waals surface area contributed by atoms with Crippen LogP contribution in [0.2, 0.25) is 0 Å². The van der Waals surface area contributed by atoms with Crippen LogP contribution >= 0.6 is 0 Å². The molecule has 0 fully saturated rings. The van der Waals surface area contributed by atoms with E-state index < -0.39 is 6.16 Å². The fraction of sp³-hybridized carbons (Fsp3) is 0.700. The lowest BCUT2D eigenvalue weighted by Gasteiger charge is -2.14. The van der Waals surface area contributed by atoms with Crippen molar-refractivity contribution in [2.75, 3.05) is 7.11 Å². The van der Waals surface area contributed by atoms with Crippen molar-refractivity contribution >= 4 is 6.16 Å². The maximum atomic E-state index is 10.8. The molecule has 0 aromatic heterocycles. The molecule has 1 atom stereocenters. The molecule has 3 nitrogen and oxygen atoms in total. The Bertz CT molecular complexity index is 187. The third-order valence-electron chi connectivity index (χ3n) is 2.12. The smallest absolute Gasteiger partial charge is 0.438 e. The molecule has 0 amide bonds. The molecule has 0 heterocycles. The van der Waals surface area contributed by atoms with Gasteiger partial charge in [-0.05, 0) is 31.8 Å². The van der Waals surface area contributed by atoms with Gasteiger partial charge >= 0.3 is 6.16 Å². The Morgan fingerprint density at radius 1 is 1.38 bits per heavy atom. The van der Waals surface area contributed by atoms with E-state index in [1.807, 2.05) is 6.08 Å². The van der Waals surface area contributed by atoms with Crippen LogP contribution in [0.5, 0.6) is 0 Å². The highest BCUT2D eigenvalue weighted by Crippen LogP contribution is 2.14. The molecule has 3 heteroatoms. The summed E-state index contributed by atoms with van der Waals surface area (Å²) in [4.78, 5) is 10.8. The van der Waals surface area contributed by atoms with E-state index in [0.29, 0.717) is 0 Å². The van der Waals surface area contributed by atoms with Crippen LogP contribution in [0.25, 0.3) is 0 Å². The molecule has 0 N–H and O–H groups in total. The highest BCUT2D eigenvalue weighted by molar-refractivity contribution is 5.60. The SMILES string of the molecule is COC(=O)O[C@H]1/C=C\CCCCC1. The van der Waals surface area contributed by atoms with Crippen LogP contribution in [0.15, 0.2) is 12.2 Å². The standard InChI is InChI=1S/C10H16O3/c1-12-10(11)13-9-7-5-3-2-4-6-8-9/h5,7,9H,2-4,6,8H2,1H3/b7-5-/t9-/m0/s1. The maximum Gasteiger partial charge on any atom is 0.508 e. The van der Waals surface area contributed by atoms with Gasteiger partial charge in [0, 0.05) is 0 Å². The molecule has 13 heavy (non-hydrogen) atoms. The third-order valence-corrected chi connectivity index (χ3v) is 2.12. The van der Waals surface area contributed by atoms with Crippen molar-refractivity contribution in [3.05, 3.63) is 12.2 Å². The quantitative estimate of drug-likeness (QED) is 0.464. The second-order valence-electron chi connectivity index (χ2n) is 3.18. The van der Waals surface area contributed by atoms with E-state index in [2.05, 4.69) is 10.8 Å². The van der Waals surface area contributed by atoms with E-state index in [4.69, 9.17) is 4.74 Å². The fourth-order valence-corrected chi connectivity index (χ4v) is 1.40. The van der Waals surface area contributed by atoms with Crippen molar-refractivity contribution in [2.45, 2.75) is 38.2 Å². The predicted molar refractivity (Wildman–Crippen MR) is 49.5 cm³/mol. The zero-order valence-electron chi connectivity index (χ0n) is 7.99. The minimum atomic E-state index is -0.588. The summed E-state index contributed by atoms with van der Waals surface area (Å²) in [6.45, 7) is 0. The molecular weight excluding hydrogens is 168 g/mol. The number of carbonyl (C=O) groups excluding carboxylic acids is 1. The lowest BCUT2D eigenvalue weighted by Crippen LogP contribution is -2.16. The minimum Gasteiger partial charge on any atom is -0.438 e. The molecule has 0 unspecified atom stereocenters. The number of methoxy groups -OCH3 is 1. The predicted octanol–water partition coefficient (Wildman–Crippen LogP) is 2.66. The average molecular weight is 184 g/mol. The summed E-state index contributed by atoms with van der Waals surface area (Å²) in [5, 5.41) is 0. The largest absolute Gasteiger partial charge is 0.508 e. The molecule has 0 aromatic rings. The first-order chi connectivity index (χ1) is 6.33. The van der Waals surface area contributed by atoms with Gasteiger partial charge in [0.25, 0.3) is 0 Å². The molecule has 0 spiro atoms. The van der Waals surface area contributed by atoms with Crippen molar-refractivity contribution in [1.29, 1.82) is 0 Å². The molecule has 0 saturated heterocycles. The van der Waals surface area contributed by atoms with Gasteiger partial charge in [0.1, 0.15) is 6.10 Å². The van der Waals surface area contributed by atoms with Crippen LogP contribution in [-0.4, -0.2) is 19.4 Å². The van der Waals surface area contributed by atoms with Gasteiger partial charge in [0.2, 0.25) is 0 Å². The van der Waals surface area contributed by atoms with Crippen molar-refractivity contribution in [1.82, 2.24) is 0 Å². The van der Waals surface area contributed by atoms with E-state index in [-0.39, 0.29) is 6.10 Å². The summed E-state index contributed by atoms with van der Waals surface area (Å²) >= 11 is 0. The first kappa shape index (κ1) is 10.1. The second-order valence-corrected chi connectivity index (χ2v) is 3.18. The van der Waals surface area contributed by atoms with Gasteiger partial charge in [0.15, 0.2) is 0 Å². The van der Waals surface area contributed by atoms with E-state index in [0.717, 1.165) is 19.3 Å². The van der Waals surface area contributed by atoms with E-state index >= 15 is 0 Å². The molecule has 0 bridgehead atoms. The summed E-state index contributed by atoms with van der Waals surface area (Å²) < 4.78 is 9.46. The molecule has 0 radical (unpaired) electrons. The normalized spacial score (nSPS) is 25.5. The van der Waals surface area contributed by atoms with Crippen LogP contribution in [0, 0.1) is 0 Å². The van der Waals surface area contributed by atoms with Gasteiger partial charge < -0.3 is 9.47 Å². The van der Waals surface area contributed by atoms with Crippen molar-refractivity contribution in [3.63, 3.8) is 0 Å². The first-order valence-corrected chi connectivity index (χ1v) is 4.74. The van der Waals surface area contributed by atoms with E-state index in [9.17, 15) is 4.79 Å². The number of rotatable bonds is 1. The lowest BCUT2D eigenvalue weighted by molar-refractivity contribution is 0.0488. The third kappa shape index (κ3) is 3.97. The van der Waals surface area contributed by atoms with E-state index in [1.165, 1.54) is 20.0 Å². The number of ether oxygens (including phenoxy) is 2. The van der Waals surface area contributed by atoms with Crippen LogP contribution in [0.1, 0.15) is 32.1 Å². The van der Waals surface area contributed by atoms with Gasteiger partial charge in [-0.1, -0.05) is 12.5 Å². The minimum absolute atomic E-state index is 0.0900. The summed E-state index contributed by atoms with van der Waals surface area (Å²) in [6.07, 6.45) is 8.91. The fourth-order valence-electron chi connectivity index (χ4n) is 1.40. The van der Waals surface area contributed by atoms with Crippen LogP contribution in [0.3, 0.4) is 0 Å². The Morgan fingerprint density at radius 3 is 3.00 bits per heavy atom. The Balaban J connectivity index is 2.37. The number of carbonyl (C=O) groups is 1. The van der Waals surface area contributed by atoms with Crippen LogP contribution in [0.4, 0.5) is 4.79 Å². The van der Waals surface area contributed by atoms with Gasteiger partial charge in [-0.25, -0.2) is 4.79 Å². The lowest BCUT2D eigenvalue weighted by atomic mass is 10.0. The van der Waals surface area contributed by atoms with Gasteiger partial charge in [-0.2, -0.15) is 0 Å². The molecular formula is C10H16O3. The molecule has 0 saturated carbocycles. The molecule has 1 rings (SSSR count). The summed E-state index contributed by atoms with van der Waals surface area (Å²) in [6, 6.07) is 0.